The Kier molecular flexibility index (Phi) is 11.9. The molecular formula is C13H29N3O3. The normalized spacial score (nSPS) is 12.7. The van der Waals surface area contributed by atoms with Crippen molar-refractivity contribution < 1.29 is 14.3 Å². The number of nitrogens with one attached hydrogen (secondary N) is 2. The van der Waals surface area contributed by atoms with Crippen LogP contribution in [-0.2, 0) is 14.3 Å². The van der Waals surface area contributed by atoms with Gasteiger partial charge in [0.2, 0.25) is 5.91 Å². The molecule has 0 heterocycles. The topological polar surface area (TPSA) is 62.8 Å². The van der Waals surface area contributed by atoms with Crippen molar-refractivity contribution in [3.63, 3.8) is 0 Å². The Morgan fingerprint density at radius 1 is 1.21 bits per heavy atom. The highest BCUT2D eigenvalue weighted by Crippen LogP contribution is 1.84. The molecule has 2 N–H and O–H groups in total. The lowest BCUT2D eigenvalue weighted by Crippen LogP contribution is -2.43. The summed E-state index contributed by atoms with van der Waals surface area (Å²) in [5.74, 6) is 0.0180. The Morgan fingerprint density at radius 2 is 1.95 bits per heavy atom. The third-order valence-corrected chi connectivity index (χ3v) is 2.60. The fraction of sp³-hybridized carbons (Fsp3) is 0.923. The van der Waals surface area contributed by atoms with Gasteiger partial charge in [-0.2, -0.15) is 0 Å². The Morgan fingerprint density at radius 3 is 2.58 bits per heavy atom. The van der Waals surface area contributed by atoms with E-state index in [9.17, 15) is 4.79 Å². The van der Waals surface area contributed by atoms with Gasteiger partial charge < -0.3 is 25.0 Å². The lowest BCUT2D eigenvalue weighted by molar-refractivity contribution is -0.122. The molecule has 0 aliphatic heterocycles. The number of carbonyl (C=O) groups is 1. The second kappa shape index (κ2) is 12.3. The van der Waals surface area contributed by atoms with Crippen LogP contribution in [0, 0.1) is 0 Å². The van der Waals surface area contributed by atoms with Gasteiger partial charge in [-0.15, -0.1) is 0 Å². The summed E-state index contributed by atoms with van der Waals surface area (Å²) < 4.78 is 10.4. The zero-order chi connectivity index (χ0) is 14.5. The molecule has 0 aromatic carbocycles. The molecule has 6 nitrogen and oxygen atoms in total. The van der Waals surface area contributed by atoms with Crippen LogP contribution in [0.5, 0.6) is 0 Å². The smallest absolute Gasteiger partial charge is 0.236 e. The molecule has 0 spiro atoms. The van der Waals surface area contributed by atoms with Crippen molar-refractivity contribution in [2.24, 2.45) is 0 Å². The molecule has 0 saturated carbocycles. The molecule has 0 saturated heterocycles. The lowest BCUT2D eigenvalue weighted by Gasteiger charge is -2.14. The van der Waals surface area contributed by atoms with E-state index >= 15 is 0 Å². The van der Waals surface area contributed by atoms with Crippen molar-refractivity contribution in [1.82, 2.24) is 15.5 Å². The quantitative estimate of drug-likeness (QED) is 0.479. The number of nitrogens with zero attached hydrogens (tertiary/aromatic N) is 1. The van der Waals surface area contributed by atoms with E-state index in [-0.39, 0.29) is 11.9 Å². The monoisotopic (exact) mass is 275 g/mol. The van der Waals surface area contributed by atoms with Crippen molar-refractivity contribution in [2.45, 2.75) is 19.4 Å². The van der Waals surface area contributed by atoms with Crippen molar-refractivity contribution in [2.75, 3.05) is 60.7 Å². The van der Waals surface area contributed by atoms with Crippen LogP contribution in [0.25, 0.3) is 0 Å². The zero-order valence-electron chi connectivity index (χ0n) is 12.7. The van der Waals surface area contributed by atoms with Crippen LogP contribution in [0.15, 0.2) is 0 Å². The van der Waals surface area contributed by atoms with E-state index < -0.39 is 0 Å². The molecule has 6 heteroatoms. The summed E-state index contributed by atoms with van der Waals surface area (Å²) in [6.45, 7) is 6.10. The van der Waals surface area contributed by atoms with Gasteiger partial charge in [0.15, 0.2) is 0 Å². The highest BCUT2D eigenvalue weighted by Gasteiger charge is 2.10. The summed E-state index contributed by atoms with van der Waals surface area (Å²) in [6, 6.07) is -0.194. The van der Waals surface area contributed by atoms with E-state index in [1.54, 1.807) is 7.11 Å². The predicted octanol–water partition coefficient (Wildman–Crippen LogP) is -0.305. The van der Waals surface area contributed by atoms with Gasteiger partial charge in [0, 0.05) is 33.4 Å². The van der Waals surface area contributed by atoms with E-state index in [1.165, 1.54) is 0 Å². The van der Waals surface area contributed by atoms with Crippen LogP contribution < -0.4 is 10.6 Å². The molecule has 0 radical (unpaired) electrons. The second-order valence-electron chi connectivity index (χ2n) is 4.73. The summed E-state index contributed by atoms with van der Waals surface area (Å²) in [5.41, 5.74) is 0. The van der Waals surface area contributed by atoms with Crippen LogP contribution >= 0.6 is 0 Å². The Balaban J connectivity index is 3.41. The first kappa shape index (κ1) is 18.3. The summed E-state index contributed by atoms with van der Waals surface area (Å²) >= 11 is 0. The van der Waals surface area contributed by atoms with Crippen LogP contribution in [-0.4, -0.2) is 77.5 Å². The number of hydrogen-bond donors (Lipinski definition) is 2. The van der Waals surface area contributed by atoms with Gasteiger partial charge in [-0.1, -0.05) is 0 Å². The van der Waals surface area contributed by atoms with Crippen molar-refractivity contribution >= 4 is 5.91 Å². The maximum absolute atomic E-state index is 11.7. The highest BCUT2D eigenvalue weighted by atomic mass is 16.5. The van der Waals surface area contributed by atoms with E-state index in [0.29, 0.717) is 32.9 Å². The summed E-state index contributed by atoms with van der Waals surface area (Å²) in [4.78, 5) is 13.7. The number of likely N-dealkylation sites (N-methyl/N-ethyl adjacent to an activating group) is 1. The maximum atomic E-state index is 11.7. The molecule has 0 aromatic rings. The molecule has 0 aliphatic carbocycles. The molecule has 0 aliphatic rings. The molecule has 0 fully saturated rings. The first-order valence-corrected chi connectivity index (χ1v) is 6.80. The molecule has 0 rings (SSSR count). The average molecular weight is 275 g/mol. The molecule has 1 atom stereocenters. The largest absolute Gasteiger partial charge is 0.385 e. The molecular weight excluding hydrogens is 246 g/mol. The van der Waals surface area contributed by atoms with Crippen LogP contribution in [0.1, 0.15) is 13.3 Å². The minimum Gasteiger partial charge on any atom is -0.385 e. The molecule has 0 aromatic heterocycles. The van der Waals surface area contributed by atoms with Crippen molar-refractivity contribution in [3.05, 3.63) is 0 Å². The van der Waals surface area contributed by atoms with Gasteiger partial charge in [-0.3, -0.25) is 4.79 Å². The minimum absolute atomic E-state index is 0.0180. The fourth-order valence-corrected chi connectivity index (χ4v) is 1.37. The minimum atomic E-state index is -0.194. The third-order valence-electron chi connectivity index (χ3n) is 2.60. The second-order valence-corrected chi connectivity index (χ2v) is 4.73. The number of carbonyl (C=O) groups excluding carboxylic acids is 1. The van der Waals surface area contributed by atoms with Crippen LogP contribution in [0.2, 0.25) is 0 Å². The Bertz CT molecular complexity index is 225. The van der Waals surface area contributed by atoms with Gasteiger partial charge in [-0.25, -0.2) is 0 Å². The van der Waals surface area contributed by atoms with Gasteiger partial charge >= 0.3 is 0 Å². The molecule has 114 valence electrons. The Hall–Kier alpha value is -0.690. The Labute approximate surface area is 116 Å². The van der Waals surface area contributed by atoms with Crippen molar-refractivity contribution in [1.29, 1.82) is 0 Å². The van der Waals surface area contributed by atoms with E-state index in [1.807, 2.05) is 21.0 Å². The lowest BCUT2D eigenvalue weighted by atomic mass is 10.3. The SMILES string of the molecule is COCCCNC(=O)C(C)NCCOCCN(C)C. The average Bonchev–Trinajstić information content (AvgIpc) is 2.37. The first-order valence-electron chi connectivity index (χ1n) is 6.80. The number of ether oxygens (including phenoxy) is 2. The zero-order valence-corrected chi connectivity index (χ0v) is 12.7. The summed E-state index contributed by atoms with van der Waals surface area (Å²) in [6.07, 6.45) is 0.836. The van der Waals surface area contributed by atoms with Gasteiger partial charge in [0.25, 0.3) is 0 Å². The predicted molar refractivity (Wildman–Crippen MR) is 76.3 cm³/mol. The van der Waals surface area contributed by atoms with E-state index in [4.69, 9.17) is 9.47 Å². The van der Waals surface area contributed by atoms with E-state index in [2.05, 4.69) is 15.5 Å². The van der Waals surface area contributed by atoms with Crippen LogP contribution in [0.4, 0.5) is 0 Å². The van der Waals surface area contributed by atoms with Crippen molar-refractivity contribution in [3.8, 4) is 0 Å². The number of methoxy groups -OCH3 is 1. The van der Waals surface area contributed by atoms with E-state index in [0.717, 1.165) is 13.0 Å². The number of hydrogen-bond acceptors (Lipinski definition) is 5. The van der Waals surface area contributed by atoms with Gasteiger partial charge in [0.05, 0.1) is 19.3 Å². The summed E-state index contributed by atoms with van der Waals surface area (Å²) in [5, 5.41) is 5.98. The standard InChI is InChI=1S/C13H29N3O3/c1-12(13(17)15-6-5-9-18-4)14-7-10-19-11-8-16(2)3/h12,14H,5-11H2,1-4H3,(H,15,17). The van der Waals surface area contributed by atoms with Gasteiger partial charge in [0.1, 0.15) is 0 Å². The molecule has 1 unspecified atom stereocenters. The molecule has 0 bridgehead atoms. The van der Waals surface area contributed by atoms with Gasteiger partial charge in [-0.05, 0) is 27.4 Å². The first-order chi connectivity index (χ1) is 9.07. The number of rotatable bonds is 12. The maximum Gasteiger partial charge on any atom is 0.236 e. The highest BCUT2D eigenvalue weighted by molar-refractivity contribution is 5.81. The fourth-order valence-electron chi connectivity index (χ4n) is 1.37. The number of amides is 1. The third kappa shape index (κ3) is 12.1. The molecule has 1 amide bonds. The summed E-state index contributed by atoms with van der Waals surface area (Å²) in [7, 11) is 5.68. The van der Waals surface area contributed by atoms with Crippen LogP contribution in [0.3, 0.4) is 0 Å². The molecule has 19 heavy (non-hydrogen) atoms.